The van der Waals surface area contributed by atoms with Gasteiger partial charge < -0.3 is 24.1 Å². The maximum Gasteiger partial charge on any atom is 0.239 e. The van der Waals surface area contributed by atoms with Crippen LogP contribution in [-0.4, -0.2) is 23.4 Å². The fraction of sp³-hybridized carbons (Fsp3) is 0.343. The molecule has 0 atom stereocenters. The summed E-state index contributed by atoms with van der Waals surface area (Å²) in [5.74, 6) is 0.435. The van der Waals surface area contributed by atoms with Gasteiger partial charge >= 0.3 is 0 Å². The Morgan fingerprint density at radius 3 is 1.90 bits per heavy atom. The zero-order chi connectivity index (χ0) is 29.9. The molecule has 218 valence electrons. The van der Waals surface area contributed by atoms with E-state index in [9.17, 15) is 15.0 Å². The van der Waals surface area contributed by atoms with Crippen LogP contribution >= 0.6 is 0 Å². The van der Waals surface area contributed by atoms with Crippen molar-refractivity contribution in [3.05, 3.63) is 93.2 Å². The van der Waals surface area contributed by atoms with E-state index in [1.165, 1.54) is 34.9 Å². The van der Waals surface area contributed by atoms with E-state index in [0.29, 0.717) is 17.9 Å². The Bertz CT molecular complexity index is 1510. The summed E-state index contributed by atoms with van der Waals surface area (Å²) in [5, 5.41) is 20.6. The molecule has 0 aliphatic rings. The van der Waals surface area contributed by atoms with Crippen molar-refractivity contribution in [1.29, 1.82) is 0 Å². The van der Waals surface area contributed by atoms with Crippen molar-refractivity contribution in [2.45, 2.75) is 67.2 Å². The Morgan fingerprint density at radius 1 is 0.780 bits per heavy atom. The molecule has 0 aliphatic heterocycles. The fourth-order valence-electron chi connectivity index (χ4n) is 4.20. The van der Waals surface area contributed by atoms with Gasteiger partial charge in [-0.05, 0) is 104 Å². The second-order valence-corrected chi connectivity index (χ2v) is 10.8. The summed E-state index contributed by atoms with van der Waals surface area (Å²) in [6, 6.07) is 9.35. The number of ether oxygens (including phenoxy) is 2. The summed E-state index contributed by atoms with van der Waals surface area (Å²) in [6.07, 6.45) is 12.1. The number of phenolic OH excluding ortho intramolecular Hbond substituents is 2. The van der Waals surface area contributed by atoms with Gasteiger partial charge in [-0.25, -0.2) is 0 Å². The maximum absolute atomic E-state index is 13.6. The maximum atomic E-state index is 13.6. The summed E-state index contributed by atoms with van der Waals surface area (Å²) >= 11 is 0. The minimum atomic E-state index is -0.482. The average Bonchev–Trinajstić information content (AvgIpc) is 2.89. The second-order valence-electron chi connectivity index (χ2n) is 10.8. The molecule has 3 rings (SSSR count). The summed E-state index contributed by atoms with van der Waals surface area (Å²) in [4.78, 5) is 13.6. The van der Waals surface area contributed by atoms with E-state index in [2.05, 4.69) is 46.8 Å². The van der Waals surface area contributed by atoms with Crippen molar-refractivity contribution in [1.82, 2.24) is 0 Å². The lowest BCUT2D eigenvalue weighted by Crippen LogP contribution is -2.11. The van der Waals surface area contributed by atoms with Gasteiger partial charge in [0.05, 0.1) is 0 Å². The number of allylic oxidation sites excluding steroid dienone is 6. The van der Waals surface area contributed by atoms with Gasteiger partial charge in [0.2, 0.25) is 11.2 Å². The Labute approximate surface area is 242 Å². The van der Waals surface area contributed by atoms with Crippen LogP contribution in [0.15, 0.2) is 92.2 Å². The first kappa shape index (κ1) is 31.3. The van der Waals surface area contributed by atoms with Crippen LogP contribution in [-0.2, 0) is 0 Å². The second kappa shape index (κ2) is 15.0. The highest BCUT2D eigenvalue weighted by molar-refractivity contribution is 5.88. The van der Waals surface area contributed by atoms with Crippen LogP contribution < -0.4 is 14.9 Å². The first-order valence-corrected chi connectivity index (χ1v) is 14.0. The zero-order valence-corrected chi connectivity index (χ0v) is 25.0. The van der Waals surface area contributed by atoms with Gasteiger partial charge in [0, 0.05) is 17.7 Å². The van der Waals surface area contributed by atoms with E-state index in [0.717, 1.165) is 31.3 Å². The Balaban J connectivity index is 1.91. The SMILES string of the molecule is CC(C)=CCC/C(C)=C/COc1cc(O)c2c(=O)c(OC/C=C(\C)CCC=C(C)C)c(-c3ccc(O)cc3)oc2c1. The highest BCUT2D eigenvalue weighted by Gasteiger charge is 2.21. The molecule has 1 aromatic heterocycles. The smallest absolute Gasteiger partial charge is 0.239 e. The molecular formula is C35H42O6. The molecule has 3 aromatic rings. The number of phenols is 2. The number of fused-ring (bicyclic) bond motifs is 1. The van der Waals surface area contributed by atoms with Gasteiger partial charge in [-0.2, -0.15) is 0 Å². The Morgan fingerprint density at radius 2 is 1.34 bits per heavy atom. The monoisotopic (exact) mass is 558 g/mol. The van der Waals surface area contributed by atoms with Gasteiger partial charge in [0.1, 0.15) is 41.4 Å². The molecule has 2 aromatic carbocycles. The van der Waals surface area contributed by atoms with Gasteiger partial charge in [0.15, 0.2) is 5.76 Å². The van der Waals surface area contributed by atoms with E-state index in [4.69, 9.17) is 13.9 Å². The molecule has 1 heterocycles. The summed E-state index contributed by atoms with van der Waals surface area (Å²) in [7, 11) is 0. The van der Waals surface area contributed by atoms with Gasteiger partial charge in [0.25, 0.3) is 0 Å². The van der Waals surface area contributed by atoms with Crippen molar-refractivity contribution < 1.29 is 24.1 Å². The van der Waals surface area contributed by atoms with Crippen molar-refractivity contribution in [3.8, 4) is 34.3 Å². The van der Waals surface area contributed by atoms with Crippen LogP contribution in [0.2, 0.25) is 0 Å². The quantitative estimate of drug-likeness (QED) is 0.204. The van der Waals surface area contributed by atoms with Crippen molar-refractivity contribution >= 4 is 11.0 Å². The van der Waals surface area contributed by atoms with Crippen LogP contribution in [0, 0.1) is 0 Å². The van der Waals surface area contributed by atoms with E-state index >= 15 is 0 Å². The molecule has 0 saturated carbocycles. The molecular weight excluding hydrogens is 516 g/mol. The zero-order valence-electron chi connectivity index (χ0n) is 25.0. The van der Waals surface area contributed by atoms with Crippen molar-refractivity contribution in [3.63, 3.8) is 0 Å². The summed E-state index contributed by atoms with van der Waals surface area (Å²) < 4.78 is 18.0. The lowest BCUT2D eigenvalue weighted by Gasteiger charge is -2.13. The molecule has 0 unspecified atom stereocenters. The lowest BCUT2D eigenvalue weighted by molar-refractivity contribution is 0.348. The molecule has 0 radical (unpaired) electrons. The van der Waals surface area contributed by atoms with Gasteiger partial charge in [-0.3, -0.25) is 4.79 Å². The van der Waals surface area contributed by atoms with Gasteiger partial charge in [-0.1, -0.05) is 34.4 Å². The normalized spacial score (nSPS) is 11.9. The number of rotatable bonds is 13. The third kappa shape index (κ3) is 9.45. The molecule has 0 saturated heterocycles. The van der Waals surface area contributed by atoms with Crippen molar-refractivity contribution in [2.24, 2.45) is 0 Å². The van der Waals surface area contributed by atoms with Crippen molar-refractivity contribution in [2.75, 3.05) is 13.2 Å². The molecule has 0 aliphatic carbocycles. The van der Waals surface area contributed by atoms with E-state index in [-0.39, 0.29) is 40.6 Å². The Kier molecular flexibility index (Phi) is 11.5. The lowest BCUT2D eigenvalue weighted by atomic mass is 10.1. The Hall–Kier alpha value is -4.19. The highest BCUT2D eigenvalue weighted by Crippen LogP contribution is 2.36. The number of aromatic hydroxyl groups is 2. The van der Waals surface area contributed by atoms with E-state index < -0.39 is 5.43 Å². The van der Waals surface area contributed by atoms with Crippen LogP contribution in [0.4, 0.5) is 0 Å². The molecule has 2 N–H and O–H groups in total. The fourth-order valence-corrected chi connectivity index (χ4v) is 4.20. The minimum absolute atomic E-state index is 0.00423. The topological polar surface area (TPSA) is 89.1 Å². The predicted octanol–water partition coefficient (Wildman–Crippen LogP) is 9.01. The summed E-state index contributed by atoms with van der Waals surface area (Å²) in [6.45, 7) is 12.9. The third-order valence-corrected chi connectivity index (χ3v) is 6.56. The average molecular weight is 559 g/mol. The molecule has 0 bridgehead atoms. The number of hydrogen-bond acceptors (Lipinski definition) is 6. The standard InChI is InChI=1S/C35H42O6/c1-23(2)9-7-11-25(5)17-19-39-29-21-30(37)32-31(22-29)41-34(27-13-15-28(36)16-14-27)35(33(32)38)40-20-18-26(6)12-8-10-24(3)4/h9-10,13-18,21-22,36-37H,7-8,11-12,19-20H2,1-6H3/b25-17+,26-18+. The number of hydrogen-bond donors (Lipinski definition) is 2. The molecule has 41 heavy (non-hydrogen) atoms. The molecule has 0 spiro atoms. The van der Waals surface area contributed by atoms with E-state index in [1.54, 1.807) is 18.2 Å². The van der Waals surface area contributed by atoms with Crippen LogP contribution in [0.5, 0.6) is 23.0 Å². The van der Waals surface area contributed by atoms with Crippen LogP contribution in [0.25, 0.3) is 22.3 Å². The summed E-state index contributed by atoms with van der Waals surface area (Å²) in [5.41, 5.74) is 5.17. The van der Waals surface area contributed by atoms with E-state index in [1.807, 2.05) is 19.1 Å². The third-order valence-electron chi connectivity index (χ3n) is 6.56. The molecule has 0 fully saturated rings. The van der Waals surface area contributed by atoms with Gasteiger partial charge in [-0.15, -0.1) is 0 Å². The number of benzene rings is 2. The highest BCUT2D eigenvalue weighted by atomic mass is 16.5. The molecule has 6 nitrogen and oxygen atoms in total. The first-order valence-electron chi connectivity index (χ1n) is 14.0. The molecule has 6 heteroatoms. The van der Waals surface area contributed by atoms with Crippen LogP contribution in [0.1, 0.15) is 67.2 Å². The van der Waals surface area contributed by atoms with Crippen LogP contribution in [0.3, 0.4) is 0 Å². The first-order chi connectivity index (χ1) is 19.5. The molecule has 0 amide bonds. The largest absolute Gasteiger partial charge is 0.508 e. The predicted molar refractivity (Wildman–Crippen MR) is 167 cm³/mol. The minimum Gasteiger partial charge on any atom is -0.508 e.